The number of nitrogens with zero attached hydrogens (tertiary/aromatic N) is 1. The second kappa shape index (κ2) is 9.85. The fourth-order valence-corrected chi connectivity index (χ4v) is 5.53. The SMILES string of the molecule is COc1cc2c(cc1O)cc(C1c3cc(OC)c(OC)cc3CCN1C(C)=O)c1cc(OC)c(OC)cc12. The molecule has 38 heavy (non-hydrogen) atoms. The lowest BCUT2D eigenvalue weighted by molar-refractivity contribution is -0.130. The third kappa shape index (κ3) is 3.97. The maximum Gasteiger partial charge on any atom is 0.220 e. The van der Waals surface area contributed by atoms with Crippen LogP contribution in [0.1, 0.15) is 29.7 Å². The largest absolute Gasteiger partial charge is 0.504 e. The van der Waals surface area contributed by atoms with E-state index in [1.165, 1.54) is 7.11 Å². The number of ether oxygens (including phenoxy) is 5. The Balaban J connectivity index is 1.91. The van der Waals surface area contributed by atoms with Crippen molar-refractivity contribution in [1.82, 2.24) is 4.90 Å². The van der Waals surface area contributed by atoms with E-state index in [1.54, 1.807) is 41.4 Å². The zero-order chi connectivity index (χ0) is 27.1. The average Bonchev–Trinajstić information content (AvgIpc) is 2.93. The molecule has 4 aromatic rings. The van der Waals surface area contributed by atoms with Gasteiger partial charge in [-0.1, -0.05) is 0 Å². The number of hydrogen-bond acceptors (Lipinski definition) is 7. The minimum absolute atomic E-state index is 0.0321. The van der Waals surface area contributed by atoms with Gasteiger partial charge in [0, 0.05) is 13.5 Å². The van der Waals surface area contributed by atoms with Crippen LogP contribution in [-0.2, 0) is 11.2 Å². The zero-order valence-corrected chi connectivity index (χ0v) is 22.4. The Morgan fingerprint density at radius 2 is 1.26 bits per heavy atom. The van der Waals surface area contributed by atoms with E-state index in [4.69, 9.17) is 23.7 Å². The number of benzene rings is 4. The summed E-state index contributed by atoms with van der Waals surface area (Å²) in [6, 6.07) is 12.9. The van der Waals surface area contributed by atoms with E-state index >= 15 is 0 Å². The Hall–Kier alpha value is -4.33. The maximum absolute atomic E-state index is 13.0. The number of phenols is 1. The van der Waals surface area contributed by atoms with Crippen LogP contribution in [0.15, 0.2) is 42.5 Å². The maximum atomic E-state index is 13.0. The Morgan fingerprint density at radius 3 is 1.87 bits per heavy atom. The Kier molecular flexibility index (Phi) is 6.57. The number of carbonyl (C=O) groups excluding carboxylic acids is 1. The van der Waals surface area contributed by atoms with E-state index < -0.39 is 6.04 Å². The van der Waals surface area contributed by atoms with Crippen LogP contribution >= 0.6 is 0 Å². The molecule has 1 unspecified atom stereocenters. The number of phenolic OH excluding ortho intramolecular Hbond substituents is 1. The lowest BCUT2D eigenvalue weighted by Crippen LogP contribution is -2.39. The van der Waals surface area contributed by atoms with Gasteiger partial charge in [0.25, 0.3) is 0 Å². The van der Waals surface area contributed by atoms with Crippen LogP contribution in [0.25, 0.3) is 21.5 Å². The van der Waals surface area contributed by atoms with E-state index in [-0.39, 0.29) is 11.7 Å². The summed E-state index contributed by atoms with van der Waals surface area (Å²) in [7, 11) is 7.93. The Morgan fingerprint density at radius 1 is 0.711 bits per heavy atom. The van der Waals surface area contributed by atoms with Crippen molar-refractivity contribution in [1.29, 1.82) is 0 Å². The fourth-order valence-electron chi connectivity index (χ4n) is 5.53. The molecular formula is C30H31NO7. The van der Waals surface area contributed by atoms with Gasteiger partial charge in [0.2, 0.25) is 5.91 Å². The molecule has 8 nitrogen and oxygen atoms in total. The monoisotopic (exact) mass is 517 g/mol. The summed E-state index contributed by atoms with van der Waals surface area (Å²) in [5.41, 5.74) is 2.93. The summed E-state index contributed by atoms with van der Waals surface area (Å²) in [6.07, 6.45) is 0.687. The second-order valence-electron chi connectivity index (χ2n) is 9.23. The molecule has 0 saturated heterocycles. The van der Waals surface area contributed by atoms with Crippen molar-refractivity contribution in [3.63, 3.8) is 0 Å². The van der Waals surface area contributed by atoms with Crippen molar-refractivity contribution in [2.24, 2.45) is 0 Å². The van der Waals surface area contributed by atoms with Gasteiger partial charge in [-0.2, -0.15) is 0 Å². The van der Waals surface area contributed by atoms with Crippen LogP contribution in [0.4, 0.5) is 0 Å². The summed E-state index contributed by atoms with van der Waals surface area (Å²) in [4.78, 5) is 14.9. The van der Waals surface area contributed by atoms with Crippen molar-refractivity contribution in [2.45, 2.75) is 19.4 Å². The minimum Gasteiger partial charge on any atom is -0.504 e. The van der Waals surface area contributed by atoms with Gasteiger partial charge in [-0.05, 0) is 87.1 Å². The number of aromatic hydroxyl groups is 1. The van der Waals surface area contributed by atoms with Crippen LogP contribution in [-0.4, -0.2) is 58.0 Å². The molecule has 0 radical (unpaired) electrons. The Bertz CT molecular complexity index is 1560. The highest BCUT2D eigenvalue weighted by Gasteiger charge is 2.34. The molecular weight excluding hydrogens is 486 g/mol. The standard InChI is InChI=1S/C30H31NO7/c1-16(32)31-8-7-17-11-26(35-3)27(36-4)13-20(17)30(31)23-9-18-10-24(33)25(34-2)12-19(18)21-14-28(37-5)29(38-6)15-22(21)23/h9-15,30,33H,7-8H2,1-6H3. The number of methoxy groups -OCH3 is 5. The van der Waals surface area contributed by atoms with Gasteiger partial charge in [-0.25, -0.2) is 0 Å². The summed E-state index contributed by atoms with van der Waals surface area (Å²) >= 11 is 0. The lowest BCUT2D eigenvalue weighted by atomic mass is 9.84. The molecule has 0 spiro atoms. The molecule has 4 aromatic carbocycles. The molecule has 0 bridgehead atoms. The second-order valence-corrected chi connectivity index (χ2v) is 9.23. The highest BCUT2D eigenvalue weighted by Crippen LogP contribution is 2.47. The molecule has 0 saturated carbocycles. The molecule has 1 N–H and O–H groups in total. The lowest BCUT2D eigenvalue weighted by Gasteiger charge is -2.38. The first-order chi connectivity index (χ1) is 18.3. The number of amides is 1. The minimum atomic E-state index is -0.412. The smallest absolute Gasteiger partial charge is 0.220 e. The van der Waals surface area contributed by atoms with Gasteiger partial charge in [-0.3, -0.25) is 4.79 Å². The van der Waals surface area contributed by atoms with Gasteiger partial charge in [0.1, 0.15) is 0 Å². The van der Waals surface area contributed by atoms with Crippen LogP contribution < -0.4 is 23.7 Å². The predicted octanol–water partition coefficient (Wildman–Crippen LogP) is 5.24. The molecule has 1 amide bonds. The third-order valence-corrected chi connectivity index (χ3v) is 7.36. The first-order valence-corrected chi connectivity index (χ1v) is 12.3. The number of rotatable bonds is 6. The topological polar surface area (TPSA) is 86.7 Å². The Labute approximate surface area is 221 Å². The van der Waals surface area contributed by atoms with Gasteiger partial charge < -0.3 is 33.7 Å². The van der Waals surface area contributed by atoms with Crippen molar-refractivity contribution >= 4 is 27.5 Å². The van der Waals surface area contributed by atoms with Crippen LogP contribution in [0, 0.1) is 0 Å². The molecule has 5 rings (SSSR count). The molecule has 0 aromatic heterocycles. The van der Waals surface area contributed by atoms with Crippen LogP contribution in [0.5, 0.6) is 34.5 Å². The molecule has 0 aliphatic carbocycles. The van der Waals surface area contributed by atoms with Gasteiger partial charge >= 0.3 is 0 Å². The van der Waals surface area contributed by atoms with E-state index in [9.17, 15) is 9.90 Å². The average molecular weight is 518 g/mol. The van der Waals surface area contributed by atoms with E-state index in [1.807, 2.05) is 41.3 Å². The summed E-state index contributed by atoms with van der Waals surface area (Å²) < 4.78 is 27.9. The summed E-state index contributed by atoms with van der Waals surface area (Å²) in [5.74, 6) is 2.74. The van der Waals surface area contributed by atoms with Gasteiger partial charge in [0.15, 0.2) is 34.5 Å². The molecule has 1 aliphatic heterocycles. The number of hydrogen-bond donors (Lipinski definition) is 1. The highest BCUT2D eigenvalue weighted by molar-refractivity contribution is 6.11. The number of fused-ring (bicyclic) bond motifs is 4. The van der Waals surface area contributed by atoms with Gasteiger partial charge in [0.05, 0.1) is 41.6 Å². The third-order valence-electron chi connectivity index (χ3n) is 7.36. The normalized spacial score (nSPS) is 14.8. The molecule has 1 aliphatic rings. The first kappa shape index (κ1) is 25.3. The zero-order valence-electron chi connectivity index (χ0n) is 22.4. The van der Waals surface area contributed by atoms with E-state index in [0.717, 1.165) is 38.2 Å². The first-order valence-electron chi connectivity index (χ1n) is 12.3. The summed E-state index contributed by atoms with van der Waals surface area (Å²) in [6.45, 7) is 2.13. The van der Waals surface area contributed by atoms with E-state index in [2.05, 4.69) is 0 Å². The van der Waals surface area contributed by atoms with Crippen LogP contribution in [0.2, 0.25) is 0 Å². The number of carbonyl (C=O) groups is 1. The van der Waals surface area contributed by atoms with Gasteiger partial charge in [-0.15, -0.1) is 0 Å². The van der Waals surface area contributed by atoms with Crippen LogP contribution in [0.3, 0.4) is 0 Å². The summed E-state index contributed by atoms with van der Waals surface area (Å²) in [5, 5.41) is 14.1. The van der Waals surface area contributed by atoms with Crippen molar-refractivity contribution in [3.8, 4) is 34.5 Å². The van der Waals surface area contributed by atoms with Crippen molar-refractivity contribution < 1.29 is 33.6 Å². The predicted molar refractivity (Wildman–Crippen MR) is 145 cm³/mol. The highest BCUT2D eigenvalue weighted by atomic mass is 16.5. The van der Waals surface area contributed by atoms with Crippen molar-refractivity contribution in [3.05, 3.63) is 59.2 Å². The molecule has 1 atom stereocenters. The quantitative estimate of drug-likeness (QED) is 0.350. The van der Waals surface area contributed by atoms with E-state index in [0.29, 0.717) is 41.7 Å². The van der Waals surface area contributed by atoms with Crippen molar-refractivity contribution in [2.75, 3.05) is 42.1 Å². The molecule has 198 valence electrons. The molecule has 8 heteroatoms. The molecule has 0 fully saturated rings. The fraction of sp³-hybridized carbons (Fsp3) is 0.300. The molecule has 1 heterocycles.